The summed E-state index contributed by atoms with van der Waals surface area (Å²) < 4.78 is 38.8. The first-order valence-corrected chi connectivity index (χ1v) is 11.5. The molecule has 1 amide bonds. The minimum atomic E-state index is -3.67. The van der Waals surface area contributed by atoms with Crippen LogP contribution in [0.1, 0.15) is 31.2 Å². The highest BCUT2D eigenvalue weighted by Gasteiger charge is 2.42. The summed E-state index contributed by atoms with van der Waals surface area (Å²) in [6.07, 6.45) is 2.80. The Balaban J connectivity index is 1.43. The van der Waals surface area contributed by atoms with E-state index in [1.807, 2.05) is 11.8 Å². The number of benzene rings is 1. The van der Waals surface area contributed by atoms with E-state index in [0.29, 0.717) is 51.6 Å². The van der Waals surface area contributed by atoms with Gasteiger partial charge < -0.3 is 14.4 Å². The minimum absolute atomic E-state index is 0.0695. The van der Waals surface area contributed by atoms with Crippen LogP contribution >= 0.6 is 0 Å². The maximum Gasteiger partial charge on any atom is 0.243 e. The molecule has 0 spiro atoms. The molecule has 8 heteroatoms. The van der Waals surface area contributed by atoms with Crippen LogP contribution in [0.25, 0.3) is 0 Å². The average Bonchev–Trinajstić information content (AvgIpc) is 3.40. The molecule has 1 aromatic carbocycles. The van der Waals surface area contributed by atoms with E-state index in [-0.39, 0.29) is 17.1 Å². The van der Waals surface area contributed by atoms with E-state index in [2.05, 4.69) is 0 Å². The van der Waals surface area contributed by atoms with E-state index in [4.69, 9.17) is 9.47 Å². The maximum absolute atomic E-state index is 13.1. The van der Waals surface area contributed by atoms with Crippen molar-refractivity contribution in [3.8, 4) is 0 Å². The van der Waals surface area contributed by atoms with E-state index in [9.17, 15) is 13.2 Å². The number of hydrogen-bond acceptors (Lipinski definition) is 5. The van der Waals surface area contributed by atoms with Gasteiger partial charge in [0.2, 0.25) is 15.9 Å². The van der Waals surface area contributed by atoms with Gasteiger partial charge in [-0.2, -0.15) is 4.31 Å². The van der Waals surface area contributed by atoms with Crippen LogP contribution in [-0.2, 0) is 24.3 Å². The van der Waals surface area contributed by atoms with Crippen molar-refractivity contribution in [1.29, 1.82) is 0 Å². The number of aryl methyl sites for hydroxylation is 1. The van der Waals surface area contributed by atoms with Crippen molar-refractivity contribution in [3.63, 3.8) is 0 Å². The lowest BCUT2D eigenvalue weighted by Crippen LogP contribution is -2.50. The first-order valence-electron chi connectivity index (χ1n) is 10.1. The molecular formula is C20H28N2O5S. The normalized spacial score (nSPS) is 25.5. The molecule has 0 aromatic heterocycles. The van der Waals surface area contributed by atoms with Gasteiger partial charge in [-0.05, 0) is 44.7 Å². The van der Waals surface area contributed by atoms with Crippen molar-refractivity contribution < 1.29 is 22.7 Å². The van der Waals surface area contributed by atoms with Crippen LogP contribution in [0.3, 0.4) is 0 Å². The highest BCUT2D eigenvalue weighted by atomic mass is 32.2. The molecule has 154 valence electrons. The fourth-order valence-electron chi connectivity index (χ4n) is 4.37. The Morgan fingerprint density at radius 1 is 1.00 bits per heavy atom. The second kappa shape index (κ2) is 8.10. The van der Waals surface area contributed by atoms with Gasteiger partial charge in [-0.1, -0.05) is 17.7 Å². The van der Waals surface area contributed by atoms with Crippen LogP contribution in [0.4, 0.5) is 0 Å². The van der Waals surface area contributed by atoms with Gasteiger partial charge in [0.25, 0.3) is 0 Å². The lowest BCUT2D eigenvalue weighted by molar-refractivity contribution is -0.140. The number of carbonyl (C=O) groups is 1. The van der Waals surface area contributed by atoms with Crippen molar-refractivity contribution in [2.45, 2.75) is 49.8 Å². The standard InChI is InChI=1S/C20H28N2O5S/c1-15-4-6-17(7-5-15)28(24,25)22-10-2-3-18(22)19(23)21-11-8-16(9-12-21)20-26-13-14-27-20/h4-7,16,18,20H,2-3,8-14H2,1H3/t18-/m0/s1. The van der Waals surface area contributed by atoms with E-state index < -0.39 is 16.1 Å². The molecule has 0 saturated carbocycles. The highest BCUT2D eigenvalue weighted by Crippen LogP contribution is 2.30. The quantitative estimate of drug-likeness (QED) is 0.759. The highest BCUT2D eigenvalue weighted by molar-refractivity contribution is 7.89. The van der Waals surface area contributed by atoms with Gasteiger partial charge in [-0.15, -0.1) is 0 Å². The molecule has 0 radical (unpaired) electrons. The van der Waals surface area contributed by atoms with Crippen LogP contribution in [0.15, 0.2) is 29.2 Å². The molecule has 3 fully saturated rings. The number of sulfonamides is 1. The van der Waals surface area contributed by atoms with Gasteiger partial charge in [-0.3, -0.25) is 4.79 Å². The number of hydrogen-bond donors (Lipinski definition) is 0. The van der Waals surface area contributed by atoms with E-state index in [1.165, 1.54) is 4.31 Å². The number of amides is 1. The van der Waals surface area contributed by atoms with Crippen LogP contribution in [-0.4, -0.2) is 68.7 Å². The Bertz CT molecular complexity index is 796. The Morgan fingerprint density at radius 3 is 2.29 bits per heavy atom. The van der Waals surface area contributed by atoms with Crippen LogP contribution < -0.4 is 0 Å². The molecule has 7 nitrogen and oxygen atoms in total. The van der Waals surface area contributed by atoms with E-state index in [0.717, 1.165) is 18.4 Å². The van der Waals surface area contributed by atoms with Crippen LogP contribution in [0.2, 0.25) is 0 Å². The molecule has 3 aliphatic rings. The van der Waals surface area contributed by atoms with Gasteiger partial charge in [0.15, 0.2) is 6.29 Å². The predicted molar refractivity (Wildman–Crippen MR) is 103 cm³/mol. The monoisotopic (exact) mass is 408 g/mol. The third kappa shape index (κ3) is 3.83. The Hall–Kier alpha value is -1.48. The van der Waals surface area contributed by atoms with Crippen molar-refractivity contribution in [2.75, 3.05) is 32.8 Å². The molecule has 4 rings (SSSR count). The third-order valence-corrected chi connectivity index (χ3v) is 7.92. The molecule has 1 aromatic rings. The zero-order valence-electron chi connectivity index (χ0n) is 16.2. The second-order valence-electron chi connectivity index (χ2n) is 7.86. The van der Waals surface area contributed by atoms with Gasteiger partial charge in [0.1, 0.15) is 6.04 Å². The van der Waals surface area contributed by atoms with Gasteiger partial charge in [0.05, 0.1) is 18.1 Å². The zero-order valence-corrected chi connectivity index (χ0v) is 17.1. The lowest BCUT2D eigenvalue weighted by atomic mass is 9.95. The Labute approximate surface area is 166 Å². The van der Waals surface area contributed by atoms with Crippen molar-refractivity contribution >= 4 is 15.9 Å². The first-order chi connectivity index (χ1) is 13.5. The largest absolute Gasteiger partial charge is 0.350 e. The smallest absolute Gasteiger partial charge is 0.243 e. The third-order valence-electron chi connectivity index (χ3n) is 6.00. The van der Waals surface area contributed by atoms with Crippen molar-refractivity contribution in [1.82, 2.24) is 9.21 Å². The number of ether oxygens (including phenoxy) is 2. The summed E-state index contributed by atoms with van der Waals surface area (Å²) >= 11 is 0. The summed E-state index contributed by atoms with van der Waals surface area (Å²) in [5.41, 5.74) is 1.01. The first kappa shape index (κ1) is 19.8. The van der Waals surface area contributed by atoms with Gasteiger partial charge >= 0.3 is 0 Å². The fourth-order valence-corrected chi connectivity index (χ4v) is 6.02. The van der Waals surface area contributed by atoms with E-state index in [1.54, 1.807) is 24.3 Å². The predicted octanol–water partition coefficient (Wildman–Crippen LogP) is 1.76. The summed E-state index contributed by atoms with van der Waals surface area (Å²) in [6.45, 7) is 4.84. The molecule has 0 aliphatic carbocycles. The number of piperidine rings is 1. The van der Waals surface area contributed by atoms with Crippen LogP contribution in [0.5, 0.6) is 0 Å². The van der Waals surface area contributed by atoms with Crippen LogP contribution in [0, 0.1) is 12.8 Å². The molecule has 0 unspecified atom stereocenters. The summed E-state index contributed by atoms with van der Waals surface area (Å²) in [7, 11) is -3.67. The molecule has 3 saturated heterocycles. The van der Waals surface area contributed by atoms with Crippen molar-refractivity contribution in [2.24, 2.45) is 5.92 Å². The maximum atomic E-state index is 13.1. The molecule has 3 aliphatic heterocycles. The van der Waals surface area contributed by atoms with Gasteiger partial charge in [-0.25, -0.2) is 8.42 Å². The van der Waals surface area contributed by atoms with Gasteiger partial charge in [0, 0.05) is 25.6 Å². The number of rotatable bonds is 4. The molecule has 3 heterocycles. The zero-order chi connectivity index (χ0) is 19.7. The lowest BCUT2D eigenvalue weighted by Gasteiger charge is -2.36. The average molecular weight is 409 g/mol. The number of nitrogens with zero attached hydrogens (tertiary/aromatic N) is 2. The molecule has 0 bridgehead atoms. The molecular weight excluding hydrogens is 380 g/mol. The topological polar surface area (TPSA) is 76.2 Å². The number of carbonyl (C=O) groups excluding carboxylic acids is 1. The summed E-state index contributed by atoms with van der Waals surface area (Å²) in [5.74, 6) is 0.238. The SMILES string of the molecule is Cc1ccc(S(=O)(=O)N2CCC[C@H]2C(=O)N2CCC(C3OCCO3)CC2)cc1. The molecule has 0 N–H and O–H groups in total. The summed E-state index contributed by atoms with van der Waals surface area (Å²) in [5, 5.41) is 0. The Morgan fingerprint density at radius 2 is 1.64 bits per heavy atom. The summed E-state index contributed by atoms with van der Waals surface area (Å²) in [4.78, 5) is 15.2. The Kier molecular flexibility index (Phi) is 5.73. The van der Waals surface area contributed by atoms with E-state index >= 15 is 0 Å². The van der Waals surface area contributed by atoms with Crippen molar-refractivity contribution in [3.05, 3.63) is 29.8 Å². The molecule has 1 atom stereocenters. The summed E-state index contributed by atoms with van der Waals surface area (Å²) in [6, 6.07) is 6.23. The fraction of sp³-hybridized carbons (Fsp3) is 0.650. The second-order valence-corrected chi connectivity index (χ2v) is 9.75. The minimum Gasteiger partial charge on any atom is -0.350 e. The number of likely N-dealkylation sites (tertiary alicyclic amines) is 1. The molecule has 28 heavy (non-hydrogen) atoms.